The van der Waals surface area contributed by atoms with Crippen molar-refractivity contribution >= 4 is 24.3 Å². The third-order valence-electron chi connectivity index (χ3n) is 3.05. The summed E-state index contributed by atoms with van der Waals surface area (Å²) in [5.74, 6) is -2.35. The van der Waals surface area contributed by atoms with Crippen LogP contribution in [0.5, 0.6) is 0 Å². The molecule has 0 unspecified atom stereocenters. The molecule has 1 fully saturated rings. The molecule has 1 saturated heterocycles. The topological polar surface area (TPSA) is 90.0 Å². The molecule has 0 aromatic carbocycles. The predicted octanol–water partition coefficient (Wildman–Crippen LogP) is 2.07. The first-order valence-corrected chi connectivity index (χ1v) is 7.60. The monoisotopic (exact) mass is 327 g/mol. The maximum absolute atomic E-state index is 12.4. The lowest BCUT2D eigenvalue weighted by molar-refractivity contribution is -0.168. The van der Waals surface area contributed by atoms with Crippen molar-refractivity contribution in [3.05, 3.63) is 0 Å². The molecule has 0 aromatic rings. The lowest BCUT2D eigenvalue weighted by Crippen LogP contribution is -2.56. The molecule has 2 atom stereocenters. The quantitative estimate of drug-likeness (QED) is 0.438. The summed E-state index contributed by atoms with van der Waals surface area (Å²) in [6, 6.07) is -1.08. The molecule has 1 heterocycles. The van der Waals surface area contributed by atoms with E-state index in [1.807, 2.05) is 0 Å². The molecule has 1 aliphatic rings. The lowest BCUT2D eigenvalue weighted by atomic mass is 9.93. The Morgan fingerprint density at radius 1 is 1.04 bits per heavy atom. The SMILES string of the molecule is CC(C)(C)OC(=O)[C@@H]1CC[C@H](C=O)C(=O)N1C(=O)OC(C)(C)C. The summed E-state index contributed by atoms with van der Waals surface area (Å²) in [6.45, 7) is 10.0. The first-order chi connectivity index (χ1) is 10.4. The number of aldehydes is 1. The van der Waals surface area contributed by atoms with Gasteiger partial charge in [-0.25, -0.2) is 14.5 Å². The van der Waals surface area contributed by atoms with E-state index in [0.29, 0.717) is 6.29 Å². The van der Waals surface area contributed by atoms with Crippen molar-refractivity contribution in [2.75, 3.05) is 0 Å². The van der Waals surface area contributed by atoms with Gasteiger partial charge in [-0.15, -0.1) is 0 Å². The van der Waals surface area contributed by atoms with Crippen LogP contribution in [0.25, 0.3) is 0 Å². The molecule has 0 saturated carbocycles. The third-order valence-corrected chi connectivity index (χ3v) is 3.05. The van der Waals surface area contributed by atoms with E-state index in [4.69, 9.17) is 9.47 Å². The fourth-order valence-corrected chi connectivity index (χ4v) is 2.17. The van der Waals surface area contributed by atoms with Crippen molar-refractivity contribution in [2.24, 2.45) is 5.92 Å². The minimum absolute atomic E-state index is 0.170. The molecule has 7 nitrogen and oxygen atoms in total. The van der Waals surface area contributed by atoms with E-state index in [-0.39, 0.29) is 12.8 Å². The van der Waals surface area contributed by atoms with Crippen LogP contribution in [0.2, 0.25) is 0 Å². The summed E-state index contributed by atoms with van der Waals surface area (Å²) in [6.07, 6.45) is -0.0789. The average molecular weight is 327 g/mol. The number of nitrogens with zero attached hydrogens (tertiary/aromatic N) is 1. The molecule has 0 bridgehead atoms. The lowest BCUT2D eigenvalue weighted by Gasteiger charge is -2.36. The van der Waals surface area contributed by atoms with Gasteiger partial charge in [-0.05, 0) is 54.4 Å². The zero-order valence-electron chi connectivity index (χ0n) is 14.5. The van der Waals surface area contributed by atoms with E-state index in [9.17, 15) is 19.2 Å². The highest BCUT2D eigenvalue weighted by atomic mass is 16.6. The highest BCUT2D eigenvalue weighted by molar-refractivity contribution is 6.03. The number of imide groups is 1. The number of rotatable bonds is 2. The second-order valence-electron chi connectivity index (χ2n) is 7.56. The number of esters is 1. The standard InChI is InChI=1S/C16H25NO6/c1-15(2,3)22-13(20)11-8-7-10(9-18)12(19)17(11)14(21)23-16(4,5)6/h9-11H,7-8H2,1-6H3/t10-,11+/m1/s1. The number of carbonyl (C=O) groups excluding carboxylic acids is 4. The minimum Gasteiger partial charge on any atom is -0.458 e. The van der Waals surface area contributed by atoms with Crippen molar-refractivity contribution in [2.45, 2.75) is 71.6 Å². The van der Waals surface area contributed by atoms with Crippen molar-refractivity contribution in [1.29, 1.82) is 0 Å². The first kappa shape index (κ1) is 19.1. The number of carbonyl (C=O) groups is 4. The summed E-state index contributed by atoms with van der Waals surface area (Å²) in [5.41, 5.74) is -1.58. The van der Waals surface area contributed by atoms with Crippen LogP contribution in [0.4, 0.5) is 4.79 Å². The number of hydrogen-bond acceptors (Lipinski definition) is 6. The van der Waals surface area contributed by atoms with Gasteiger partial charge in [0.2, 0.25) is 5.91 Å². The van der Waals surface area contributed by atoms with Gasteiger partial charge in [0.05, 0.1) is 5.92 Å². The summed E-state index contributed by atoms with van der Waals surface area (Å²) in [5, 5.41) is 0. The Bertz CT molecular complexity index is 500. The molecule has 130 valence electrons. The van der Waals surface area contributed by atoms with Crippen LogP contribution in [-0.2, 0) is 23.9 Å². The Balaban J connectivity index is 3.06. The van der Waals surface area contributed by atoms with E-state index in [1.54, 1.807) is 41.5 Å². The van der Waals surface area contributed by atoms with Crippen molar-refractivity contribution in [3.63, 3.8) is 0 Å². The highest BCUT2D eigenvalue weighted by Gasteiger charge is 2.45. The second kappa shape index (κ2) is 6.68. The summed E-state index contributed by atoms with van der Waals surface area (Å²) >= 11 is 0. The van der Waals surface area contributed by atoms with Gasteiger partial charge in [0.25, 0.3) is 0 Å². The van der Waals surface area contributed by atoms with Gasteiger partial charge in [0.15, 0.2) is 0 Å². The normalized spacial score (nSPS) is 22.5. The van der Waals surface area contributed by atoms with Gasteiger partial charge in [-0.1, -0.05) is 0 Å². The van der Waals surface area contributed by atoms with Gasteiger partial charge < -0.3 is 14.3 Å². The smallest absolute Gasteiger partial charge is 0.417 e. The zero-order chi connectivity index (χ0) is 18.0. The van der Waals surface area contributed by atoms with Crippen LogP contribution in [-0.4, -0.2) is 46.4 Å². The van der Waals surface area contributed by atoms with Crippen LogP contribution in [0.15, 0.2) is 0 Å². The van der Waals surface area contributed by atoms with Crippen LogP contribution in [0.1, 0.15) is 54.4 Å². The minimum atomic E-state index is -1.08. The van der Waals surface area contributed by atoms with E-state index in [0.717, 1.165) is 4.90 Å². The number of amides is 2. The number of ether oxygens (including phenoxy) is 2. The Morgan fingerprint density at radius 3 is 2.00 bits per heavy atom. The molecular formula is C16H25NO6. The van der Waals surface area contributed by atoms with Gasteiger partial charge in [0.1, 0.15) is 23.5 Å². The second-order valence-corrected chi connectivity index (χ2v) is 7.56. The number of hydrogen-bond donors (Lipinski definition) is 0. The fourth-order valence-electron chi connectivity index (χ4n) is 2.17. The van der Waals surface area contributed by atoms with Gasteiger partial charge in [0, 0.05) is 0 Å². The van der Waals surface area contributed by atoms with Gasteiger partial charge >= 0.3 is 12.1 Å². The molecule has 2 amide bonds. The molecule has 23 heavy (non-hydrogen) atoms. The zero-order valence-corrected chi connectivity index (χ0v) is 14.5. The fraction of sp³-hybridized carbons (Fsp3) is 0.750. The van der Waals surface area contributed by atoms with Gasteiger partial charge in [-0.3, -0.25) is 4.79 Å². The van der Waals surface area contributed by atoms with Crippen LogP contribution >= 0.6 is 0 Å². The molecule has 7 heteroatoms. The van der Waals surface area contributed by atoms with Crippen LogP contribution in [0.3, 0.4) is 0 Å². The molecule has 0 radical (unpaired) electrons. The average Bonchev–Trinajstić information content (AvgIpc) is 2.33. The summed E-state index contributed by atoms with van der Waals surface area (Å²) in [7, 11) is 0. The Labute approximate surface area is 136 Å². The molecule has 0 aromatic heterocycles. The van der Waals surface area contributed by atoms with Crippen LogP contribution < -0.4 is 0 Å². The molecule has 0 N–H and O–H groups in total. The largest absolute Gasteiger partial charge is 0.458 e. The molecule has 1 aliphatic heterocycles. The van der Waals surface area contributed by atoms with E-state index in [2.05, 4.69) is 0 Å². The van der Waals surface area contributed by atoms with Crippen molar-refractivity contribution in [1.82, 2.24) is 4.90 Å². The molecular weight excluding hydrogens is 302 g/mol. The number of piperidine rings is 1. The van der Waals surface area contributed by atoms with E-state index in [1.165, 1.54) is 0 Å². The Morgan fingerprint density at radius 2 is 1.57 bits per heavy atom. The molecule has 0 spiro atoms. The molecule has 0 aliphatic carbocycles. The first-order valence-electron chi connectivity index (χ1n) is 7.60. The van der Waals surface area contributed by atoms with Crippen molar-refractivity contribution < 1.29 is 28.7 Å². The Hall–Kier alpha value is -1.92. The van der Waals surface area contributed by atoms with Crippen molar-refractivity contribution in [3.8, 4) is 0 Å². The summed E-state index contributed by atoms with van der Waals surface area (Å²) in [4.78, 5) is 48.7. The number of likely N-dealkylation sites (tertiary alicyclic amines) is 1. The summed E-state index contributed by atoms with van der Waals surface area (Å²) < 4.78 is 10.5. The Kier molecular flexibility index (Phi) is 5.56. The predicted molar refractivity (Wildman–Crippen MR) is 81.5 cm³/mol. The van der Waals surface area contributed by atoms with Gasteiger partial charge in [-0.2, -0.15) is 0 Å². The third kappa shape index (κ3) is 5.33. The van der Waals surface area contributed by atoms with Crippen LogP contribution in [0, 0.1) is 5.92 Å². The molecule has 1 rings (SSSR count). The van der Waals surface area contributed by atoms with E-state index >= 15 is 0 Å². The maximum Gasteiger partial charge on any atom is 0.417 e. The van der Waals surface area contributed by atoms with E-state index < -0.39 is 41.1 Å². The maximum atomic E-state index is 12.4. The highest BCUT2D eigenvalue weighted by Crippen LogP contribution is 2.26.